The lowest BCUT2D eigenvalue weighted by Gasteiger charge is -2.21. The van der Waals surface area contributed by atoms with E-state index in [4.69, 9.17) is 14.2 Å². The Labute approximate surface area is 321 Å². The molecule has 1 unspecified atom stereocenters. The molecular weight excluding hydrogens is 654 g/mol. The highest BCUT2D eigenvalue weighted by atomic mass is 16.5. The van der Waals surface area contributed by atoms with Gasteiger partial charge in [-0.25, -0.2) is 0 Å². The van der Waals surface area contributed by atoms with Crippen molar-refractivity contribution in [2.45, 2.75) is 220 Å². The predicted molar refractivity (Wildman–Crippen MR) is 215 cm³/mol. The van der Waals surface area contributed by atoms with Gasteiger partial charge in [0.2, 0.25) is 0 Å². The molecule has 0 saturated heterocycles. The second-order valence-electron chi connectivity index (χ2n) is 15.3. The number of hydrogen-bond acceptors (Lipinski definition) is 8. The molecule has 0 radical (unpaired) electrons. The van der Waals surface area contributed by atoms with E-state index in [2.05, 4.69) is 25.7 Å². The smallest absolute Gasteiger partial charge is 0.309 e. The van der Waals surface area contributed by atoms with Crippen LogP contribution in [0.25, 0.3) is 0 Å². The monoisotopic (exact) mass is 740 g/mol. The van der Waals surface area contributed by atoms with E-state index in [0.717, 1.165) is 109 Å². The summed E-state index contributed by atoms with van der Waals surface area (Å²) in [5, 5.41) is 9.54. The van der Waals surface area contributed by atoms with Crippen LogP contribution in [0, 0.1) is 5.92 Å². The topological polar surface area (TPSA) is 102 Å². The summed E-state index contributed by atoms with van der Waals surface area (Å²) in [5.41, 5.74) is 0. The molecule has 8 nitrogen and oxygen atoms in total. The summed E-state index contributed by atoms with van der Waals surface area (Å²) in [4.78, 5) is 39.1. The van der Waals surface area contributed by atoms with Crippen molar-refractivity contribution < 1.29 is 33.7 Å². The number of carbonyl (C=O) groups excluding carboxylic acids is 3. The fraction of sp³-hybridized carbons (Fsp3) is 0.932. The first-order valence-electron chi connectivity index (χ1n) is 22.2. The third-order valence-corrected chi connectivity index (χ3v) is 10.1. The summed E-state index contributed by atoms with van der Waals surface area (Å²) in [6, 6.07) is 0. The zero-order chi connectivity index (χ0) is 38.3. The highest BCUT2D eigenvalue weighted by Gasteiger charge is 2.19. The van der Waals surface area contributed by atoms with Gasteiger partial charge >= 0.3 is 17.9 Å². The van der Waals surface area contributed by atoms with E-state index in [9.17, 15) is 19.5 Å². The van der Waals surface area contributed by atoms with Crippen LogP contribution < -0.4 is 0 Å². The molecule has 0 heterocycles. The lowest BCUT2D eigenvalue weighted by atomic mass is 10.0. The molecule has 0 amide bonds. The second kappa shape index (κ2) is 39.0. The Morgan fingerprint density at radius 2 is 0.962 bits per heavy atom. The lowest BCUT2D eigenvalue weighted by Crippen LogP contribution is -2.29. The third-order valence-electron chi connectivity index (χ3n) is 10.1. The van der Waals surface area contributed by atoms with Crippen LogP contribution in [0.15, 0.2) is 0 Å². The largest absolute Gasteiger partial charge is 0.466 e. The zero-order valence-electron chi connectivity index (χ0n) is 34.7. The minimum Gasteiger partial charge on any atom is -0.466 e. The zero-order valence-corrected chi connectivity index (χ0v) is 34.7. The fourth-order valence-corrected chi connectivity index (χ4v) is 6.64. The van der Waals surface area contributed by atoms with E-state index in [0.29, 0.717) is 26.2 Å². The fourth-order valence-electron chi connectivity index (χ4n) is 6.64. The minimum absolute atomic E-state index is 0.00117. The molecule has 0 aliphatic heterocycles. The summed E-state index contributed by atoms with van der Waals surface area (Å²) >= 11 is 0. The number of carbonyl (C=O) groups is 3. The average molecular weight is 740 g/mol. The molecule has 0 aromatic rings. The van der Waals surface area contributed by atoms with Crippen LogP contribution in [0.2, 0.25) is 0 Å². The van der Waals surface area contributed by atoms with Gasteiger partial charge in [0.25, 0.3) is 0 Å². The molecule has 0 aromatic carbocycles. The van der Waals surface area contributed by atoms with E-state index in [1.54, 1.807) is 6.92 Å². The molecule has 1 atom stereocenters. The number of esters is 3. The number of ether oxygens (including phenoxy) is 3. The summed E-state index contributed by atoms with van der Waals surface area (Å²) in [6.45, 7) is 12.0. The quantitative estimate of drug-likeness (QED) is 0.0376. The summed E-state index contributed by atoms with van der Waals surface area (Å²) < 4.78 is 16.6. The maximum absolute atomic E-state index is 12.7. The van der Waals surface area contributed by atoms with Gasteiger partial charge in [-0.05, 0) is 70.9 Å². The van der Waals surface area contributed by atoms with Crippen molar-refractivity contribution in [1.29, 1.82) is 0 Å². The van der Waals surface area contributed by atoms with Gasteiger partial charge in [0.05, 0.1) is 32.2 Å². The van der Waals surface area contributed by atoms with Gasteiger partial charge in [-0.2, -0.15) is 0 Å². The number of aliphatic hydroxyl groups is 1. The molecule has 0 saturated carbocycles. The summed E-state index contributed by atoms with van der Waals surface area (Å²) in [6.07, 6.45) is 31.5. The van der Waals surface area contributed by atoms with Gasteiger partial charge in [0, 0.05) is 13.0 Å². The molecule has 0 bridgehead atoms. The summed E-state index contributed by atoms with van der Waals surface area (Å²) in [5.74, 6) is -1.13. The minimum atomic E-state index is -0.475. The van der Waals surface area contributed by atoms with Crippen LogP contribution in [-0.2, 0) is 28.6 Å². The van der Waals surface area contributed by atoms with Gasteiger partial charge in [-0.1, -0.05) is 143 Å². The first-order valence-corrected chi connectivity index (χ1v) is 22.2. The standard InChI is InChI=1S/C44H85NO7/c1-5-8-11-13-17-23-30-41(31-24-18-14-12-9-6-2)52-42(47)32-25-19-15-20-26-33-45(35-36-46)34-27-21-16-22-29-38-51-44(49)40(4)39-43(48)50-37-28-10-7-3/h40-41,46H,5-39H2,1-4H3. The molecule has 0 fully saturated rings. The van der Waals surface area contributed by atoms with Gasteiger partial charge in [-0.15, -0.1) is 0 Å². The Bertz CT molecular complexity index is 791. The Kier molecular flexibility index (Phi) is 37.8. The van der Waals surface area contributed by atoms with Crippen molar-refractivity contribution in [2.24, 2.45) is 5.92 Å². The first kappa shape index (κ1) is 50.3. The lowest BCUT2D eigenvalue weighted by molar-refractivity contribution is -0.154. The Hall–Kier alpha value is -1.67. The SMILES string of the molecule is CCCCCCCCC(CCCCCCCC)OC(=O)CCCCCCCN(CCO)CCCCCCCOC(=O)C(C)CC(=O)OCCCCC. The van der Waals surface area contributed by atoms with E-state index in [-0.39, 0.29) is 37.0 Å². The number of hydrogen-bond donors (Lipinski definition) is 1. The predicted octanol–water partition coefficient (Wildman–Crippen LogP) is 11.3. The Morgan fingerprint density at radius 3 is 1.52 bits per heavy atom. The van der Waals surface area contributed by atoms with E-state index in [1.165, 1.54) is 77.0 Å². The van der Waals surface area contributed by atoms with E-state index in [1.807, 2.05) is 0 Å². The first-order chi connectivity index (χ1) is 25.4. The normalized spacial score (nSPS) is 12.1. The Morgan fingerprint density at radius 1 is 0.519 bits per heavy atom. The van der Waals surface area contributed by atoms with Crippen LogP contribution >= 0.6 is 0 Å². The highest BCUT2D eigenvalue weighted by molar-refractivity contribution is 5.79. The Balaban J connectivity index is 4.03. The molecular formula is C44H85NO7. The van der Waals surface area contributed by atoms with Crippen molar-refractivity contribution in [2.75, 3.05) is 39.5 Å². The van der Waals surface area contributed by atoms with Crippen LogP contribution in [0.5, 0.6) is 0 Å². The highest BCUT2D eigenvalue weighted by Crippen LogP contribution is 2.18. The van der Waals surface area contributed by atoms with Gasteiger partial charge in [0.15, 0.2) is 0 Å². The second-order valence-corrected chi connectivity index (χ2v) is 15.3. The van der Waals surface area contributed by atoms with Gasteiger partial charge < -0.3 is 24.2 Å². The number of unbranched alkanes of at least 4 members (excludes halogenated alkanes) is 20. The number of nitrogens with zero attached hydrogens (tertiary/aromatic N) is 1. The van der Waals surface area contributed by atoms with E-state index >= 15 is 0 Å². The maximum atomic E-state index is 12.7. The van der Waals surface area contributed by atoms with Crippen LogP contribution in [0.3, 0.4) is 0 Å². The number of aliphatic hydroxyl groups excluding tert-OH is 1. The summed E-state index contributed by atoms with van der Waals surface area (Å²) in [7, 11) is 0. The van der Waals surface area contributed by atoms with Crippen molar-refractivity contribution in [1.82, 2.24) is 4.90 Å². The maximum Gasteiger partial charge on any atom is 0.309 e. The van der Waals surface area contributed by atoms with Crippen molar-refractivity contribution >= 4 is 17.9 Å². The van der Waals surface area contributed by atoms with Gasteiger partial charge in [0.1, 0.15) is 6.10 Å². The molecule has 0 spiro atoms. The van der Waals surface area contributed by atoms with Crippen molar-refractivity contribution in [3.8, 4) is 0 Å². The van der Waals surface area contributed by atoms with Gasteiger partial charge in [-0.3, -0.25) is 14.4 Å². The van der Waals surface area contributed by atoms with E-state index < -0.39 is 5.92 Å². The molecule has 0 aliphatic rings. The van der Waals surface area contributed by atoms with Crippen molar-refractivity contribution in [3.63, 3.8) is 0 Å². The molecule has 0 aliphatic carbocycles. The number of rotatable bonds is 40. The van der Waals surface area contributed by atoms with Crippen LogP contribution in [0.1, 0.15) is 214 Å². The molecule has 8 heteroatoms. The molecule has 0 rings (SSSR count). The molecule has 0 aromatic heterocycles. The van der Waals surface area contributed by atoms with Crippen LogP contribution in [-0.4, -0.2) is 73.5 Å². The third kappa shape index (κ3) is 34.1. The van der Waals surface area contributed by atoms with Crippen LogP contribution in [0.4, 0.5) is 0 Å². The molecule has 1 N–H and O–H groups in total. The van der Waals surface area contributed by atoms with Crippen molar-refractivity contribution in [3.05, 3.63) is 0 Å². The molecule has 308 valence electrons. The molecule has 52 heavy (non-hydrogen) atoms. The average Bonchev–Trinajstić information content (AvgIpc) is 3.13.